The van der Waals surface area contributed by atoms with E-state index in [0.29, 0.717) is 0 Å². The van der Waals surface area contributed by atoms with E-state index in [1.165, 1.54) is 16.2 Å². The van der Waals surface area contributed by atoms with Crippen LogP contribution in [0.5, 0.6) is 0 Å². The lowest BCUT2D eigenvalue weighted by molar-refractivity contribution is 0.0634. The minimum Gasteiger partial charge on any atom is -0.335 e. The highest BCUT2D eigenvalue weighted by Gasteiger charge is 2.24. The Kier molecular flexibility index (Phi) is 4.58. The number of thiophene rings is 2. The Balaban J connectivity index is 1.41. The fraction of sp³-hybridized carbons (Fsp3) is 0.412. The Morgan fingerprint density at radius 2 is 2.00 bits per heavy atom. The molecule has 0 aromatic carbocycles. The molecule has 3 aromatic heterocycles. The van der Waals surface area contributed by atoms with Gasteiger partial charge >= 0.3 is 0 Å². The van der Waals surface area contributed by atoms with E-state index in [4.69, 9.17) is 11.6 Å². The summed E-state index contributed by atoms with van der Waals surface area (Å²) in [6.45, 7) is 6.22. The summed E-state index contributed by atoms with van der Waals surface area (Å²) < 4.78 is 2.69. The first-order valence-corrected chi connectivity index (χ1v) is 10.2. The predicted molar refractivity (Wildman–Crippen MR) is 104 cm³/mol. The van der Waals surface area contributed by atoms with E-state index < -0.39 is 0 Å². The van der Waals surface area contributed by atoms with Crippen LogP contribution in [0.4, 0.5) is 0 Å². The summed E-state index contributed by atoms with van der Waals surface area (Å²) in [7, 11) is 1.93. The Bertz CT molecular complexity index is 886. The van der Waals surface area contributed by atoms with Gasteiger partial charge in [0.15, 0.2) is 0 Å². The molecular formula is C17H19ClN4OS2. The number of carbonyl (C=O) groups is 1. The van der Waals surface area contributed by atoms with Crippen LogP contribution in [0.1, 0.15) is 20.2 Å². The van der Waals surface area contributed by atoms with Crippen molar-refractivity contribution < 1.29 is 4.79 Å². The zero-order valence-corrected chi connectivity index (χ0v) is 16.5. The molecule has 4 heterocycles. The summed E-state index contributed by atoms with van der Waals surface area (Å²) in [6.07, 6.45) is 0. The Labute approximate surface area is 159 Å². The average molecular weight is 395 g/mol. The molecule has 1 aliphatic heterocycles. The fourth-order valence-corrected chi connectivity index (χ4v) is 5.45. The monoisotopic (exact) mass is 394 g/mol. The molecule has 3 aromatic rings. The smallest absolute Gasteiger partial charge is 0.264 e. The minimum atomic E-state index is 0.138. The topological polar surface area (TPSA) is 41.4 Å². The van der Waals surface area contributed by atoms with Gasteiger partial charge in [-0.25, -0.2) is 0 Å². The SMILES string of the molecule is Cc1nn(C)c2sc(C(=O)N3CCN(Cc4ccc(Cl)s4)CC3)cc12. The molecule has 0 bridgehead atoms. The van der Waals surface area contributed by atoms with Gasteiger partial charge < -0.3 is 4.90 Å². The van der Waals surface area contributed by atoms with Gasteiger partial charge in [0.1, 0.15) is 4.83 Å². The van der Waals surface area contributed by atoms with Crippen LogP contribution in [0, 0.1) is 6.92 Å². The molecule has 0 atom stereocenters. The fourth-order valence-electron chi connectivity index (χ4n) is 3.23. The summed E-state index contributed by atoms with van der Waals surface area (Å²) >= 11 is 9.16. The maximum absolute atomic E-state index is 12.8. The highest BCUT2D eigenvalue weighted by atomic mass is 35.5. The second-order valence-corrected chi connectivity index (χ2v) is 9.14. The minimum absolute atomic E-state index is 0.138. The molecule has 1 fully saturated rings. The van der Waals surface area contributed by atoms with Crippen molar-refractivity contribution in [1.82, 2.24) is 19.6 Å². The van der Waals surface area contributed by atoms with Gasteiger partial charge in [0.25, 0.3) is 5.91 Å². The van der Waals surface area contributed by atoms with E-state index >= 15 is 0 Å². The molecule has 4 rings (SSSR count). The number of fused-ring (bicyclic) bond motifs is 1. The Hall–Kier alpha value is -1.41. The number of hydrogen-bond acceptors (Lipinski definition) is 5. The Morgan fingerprint density at radius 3 is 2.64 bits per heavy atom. The number of halogens is 1. The first-order valence-electron chi connectivity index (χ1n) is 8.20. The van der Waals surface area contributed by atoms with Gasteiger partial charge in [-0.05, 0) is 25.1 Å². The number of piperazine rings is 1. The molecule has 1 amide bonds. The van der Waals surface area contributed by atoms with Crippen molar-refractivity contribution in [3.63, 3.8) is 0 Å². The van der Waals surface area contributed by atoms with E-state index in [1.807, 2.05) is 35.7 Å². The van der Waals surface area contributed by atoms with Crippen molar-refractivity contribution in [1.29, 1.82) is 0 Å². The van der Waals surface area contributed by atoms with Crippen molar-refractivity contribution in [3.05, 3.63) is 38.0 Å². The lowest BCUT2D eigenvalue weighted by Gasteiger charge is -2.34. The van der Waals surface area contributed by atoms with Crippen LogP contribution in [-0.4, -0.2) is 51.7 Å². The third kappa shape index (κ3) is 3.33. The highest BCUT2D eigenvalue weighted by molar-refractivity contribution is 7.20. The largest absolute Gasteiger partial charge is 0.335 e. The average Bonchev–Trinajstić information content (AvgIpc) is 3.27. The number of carbonyl (C=O) groups excluding carboxylic acids is 1. The maximum Gasteiger partial charge on any atom is 0.264 e. The molecule has 132 valence electrons. The van der Waals surface area contributed by atoms with Gasteiger partial charge in [0.05, 0.1) is 14.9 Å². The molecule has 0 radical (unpaired) electrons. The van der Waals surface area contributed by atoms with Crippen LogP contribution in [0.3, 0.4) is 0 Å². The normalized spacial score (nSPS) is 16.0. The summed E-state index contributed by atoms with van der Waals surface area (Å²) in [6, 6.07) is 6.02. The van der Waals surface area contributed by atoms with Gasteiger partial charge in [-0.1, -0.05) is 11.6 Å². The van der Waals surface area contributed by atoms with Gasteiger partial charge in [0, 0.05) is 50.0 Å². The molecule has 5 nitrogen and oxygen atoms in total. The lowest BCUT2D eigenvalue weighted by atomic mass is 10.2. The maximum atomic E-state index is 12.8. The van der Waals surface area contributed by atoms with Gasteiger partial charge in [0.2, 0.25) is 0 Å². The molecule has 1 aliphatic rings. The summed E-state index contributed by atoms with van der Waals surface area (Å²) in [5.74, 6) is 0.138. The van der Waals surface area contributed by atoms with Gasteiger partial charge in [-0.15, -0.1) is 22.7 Å². The second-order valence-electron chi connectivity index (χ2n) is 6.31. The predicted octanol–water partition coefficient (Wildman–Crippen LogP) is 3.62. The third-order valence-corrected chi connectivity index (χ3v) is 6.98. The molecule has 0 unspecified atom stereocenters. The van der Waals surface area contributed by atoms with E-state index in [0.717, 1.165) is 57.8 Å². The first-order chi connectivity index (χ1) is 12.0. The number of hydrogen-bond donors (Lipinski definition) is 0. The molecular weight excluding hydrogens is 376 g/mol. The molecule has 8 heteroatoms. The zero-order chi connectivity index (χ0) is 17.6. The van der Waals surface area contributed by atoms with Crippen molar-refractivity contribution in [3.8, 4) is 0 Å². The van der Waals surface area contributed by atoms with Crippen LogP contribution in [-0.2, 0) is 13.6 Å². The Morgan fingerprint density at radius 1 is 1.24 bits per heavy atom. The van der Waals surface area contributed by atoms with Crippen molar-refractivity contribution >= 4 is 50.4 Å². The standard InChI is InChI=1S/C17H19ClN4OS2/c1-11-13-9-14(25-17(13)20(2)19-11)16(23)22-7-5-21(6-8-22)10-12-3-4-15(18)24-12/h3-4,9H,5-8,10H2,1-2H3. The van der Waals surface area contributed by atoms with Crippen LogP contribution in [0.25, 0.3) is 10.2 Å². The molecule has 0 N–H and O–H groups in total. The van der Waals surface area contributed by atoms with E-state index in [2.05, 4.69) is 16.1 Å². The van der Waals surface area contributed by atoms with Crippen molar-refractivity contribution in [2.24, 2.45) is 7.05 Å². The number of aryl methyl sites for hydroxylation is 2. The number of nitrogens with zero attached hydrogens (tertiary/aromatic N) is 4. The molecule has 0 saturated carbocycles. The van der Waals surface area contributed by atoms with Crippen LogP contribution >= 0.6 is 34.3 Å². The van der Waals surface area contributed by atoms with Crippen LogP contribution in [0.15, 0.2) is 18.2 Å². The van der Waals surface area contributed by atoms with E-state index in [-0.39, 0.29) is 5.91 Å². The quantitative estimate of drug-likeness (QED) is 0.681. The zero-order valence-electron chi connectivity index (χ0n) is 14.2. The van der Waals surface area contributed by atoms with E-state index in [1.54, 1.807) is 11.3 Å². The third-order valence-electron chi connectivity index (χ3n) is 4.57. The first kappa shape index (κ1) is 17.0. The van der Waals surface area contributed by atoms with E-state index in [9.17, 15) is 4.79 Å². The van der Waals surface area contributed by atoms with Crippen LogP contribution in [0.2, 0.25) is 4.34 Å². The molecule has 0 aliphatic carbocycles. The summed E-state index contributed by atoms with van der Waals surface area (Å²) in [5, 5.41) is 5.49. The number of amides is 1. The second kappa shape index (κ2) is 6.72. The van der Waals surface area contributed by atoms with Crippen LogP contribution < -0.4 is 0 Å². The summed E-state index contributed by atoms with van der Waals surface area (Å²) in [4.78, 5) is 20.3. The van der Waals surface area contributed by atoms with Crippen molar-refractivity contribution in [2.75, 3.05) is 26.2 Å². The molecule has 25 heavy (non-hydrogen) atoms. The van der Waals surface area contributed by atoms with Gasteiger partial charge in [-0.3, -0.25) is 14.4 Å². The molecule has 1 saturated heterocycles. The number of aromatic nitrogens is 2. The highest BCUT2D eigenvalue weighted by Crippen LogP contribution is 2.29. The molecule has 0 spiro atoms. The lowest BCUT2D eigenvalue weighted by Crippen LogP contribution is -2.48. The number of rotatable bonds is 3. The van der Waals surface area contributed by atoms with Crippen molar-refractivity contribution in [2.45, 2.75) is 13.5 Å². The summed E-state index contributed by atoms with van der Waals surface area (Å²) in [5.41, 5.74) is 0.979. The van der Waals surface area contributed by atoms with Gasteiger partial charge in [-0.2, -0.15) is 5.10 Å².